The summed E-state index contributed by atoms with van der Waals surface area (Å²) in [5.41, 5.74) is 8.28. The van der Waals surface area contributed by atoms with E-state index in [1.54, 1.807) is 0 Å². The van der Waals surface area contributed by atoms with Gasteiger partial charge in [-0.05, 0) is 34.9 Å². The van der Waals surface area contributed by atoms with Gasteiger partial charge in [-0.3, -0.25) is 9.59 Å². The van der Waals surface area contributed by atoms with Crippen LogP contribution in [0.5, 0.6) is 5.75 Å². The fourth-order valence-corrected chi connectivity index (χ4v) is 0.930. The molecule has 76 valence electrons. The molecule has 0 unspecified atom stereocenters. The first-order valence-electron chi connectivity index (χ1n) is 4.01. The Kier molecular flexibility index (Phi) is 3.43. The average molecular weight is 205 g/mol. The van der Waals surface area contributed by atoms with E-state index in [2.05, 4.69) is 10.0 Å². The maximum Gasteiger partial charge on any atom is 0.308 e. The van der Waals surface area contributed by atoms with Gasteiger partial charge in [0.25, 0.3) is 0 Å². The van der Waals surface area contributed by atoms with E-state index in [0.29, 0.717) is 5.75 Å². The quantitative estimate of drug-likeness (QED) is 0.243. The maximum atomic E-state index is 11.1. The summed E-state index contributed by atoms with van der Waals surface area (Å²) in [7, 11) is 0. The van der Waals surface area contributed by atoms with E-state index in [4.69, 9.17) is 10.3 Å². The second-order valence-corrected chi connectivity index (χ2v) is 2.61. The summed E-state index contributed by atoms with van der Waals surface area (Å²) in [6.45, 7) is 1.28. The fraction of sp³-hybridized carbons (Fsp3) is 0.111. The Balaban J connectivity index is 2.85. The van der Waals surface area contributed by atoms with E-state index >= 15 is 0 Å². The van der Waals surface area contributed by atoms with E-state index in [0.717, 1.165) is 0 Å². The number of amides is 1. The molecule has 15 heavy (non-hydrogen) atoms. The average Bonchev–Trinajstić information content (AvgIpc) is 2.18. The van der Waals surface area contributed by atoms with E-state index in [1.165, 1.54) is 31.2 Å². The van der Waals surface area contributed by atoms with E-state index in [9.17, 15) is 9.59 Å². The Bertz CT molecular complexity index is 432. The van der Waals surface area contributed by atoms with Crippen molar-refractivity contribution in [3.8, 4) is 5.75 Å². The number of nitrogens with zero attached hydrogens (tertiary/aromatic N) is 3. The summed E-state index contributed by atoms with van der Waals surface area (Å²) in [6, 6.07) is 5.72. The molecule has 1 aromatic carbocycles. The van der Waals surface area contributed by atoms with Gasteiger partial charge in [0.1, 0.15) is 5.75 Å². The van der Waals surface area contributed by atoms with Gasteiger partial charge in [-0.15, -0.1) is 0 Å². The van der Waals surface area contributed by atoms with Crippen molar-refractivity contribution in [3.05, 3.63) is 40.3 Å². The fourth-order valence-electron chi connectivity index (χ4n) is 0.930. The van der Waals surface area contributed by atoms with Crippen molar-refractivity contribution in [2.24, 2.45) is 5.11 Å². The first-order valence-corrected chi connectivity index (χ1v) is 4.01. The number of ether oxygens (including phenoxy) is 1. The summed E-state index contributed by atoms with van der Waals surface area (Å²) >= 11 is 0. The number of carbonyl (C=O) groups is 2. The first kappa shape index (κ1) is 10.7. The number of benzene rings is 1. The number of carbonyl (C=O) groups excluding carboxylic acids is 2. The third kappa shape index (κ3) is 3.13. The molecule has 0 N–H and O–H groups in total. The number of rotatable bonds is 2. The standard InChI is InChI=1S/C9H7N3O3/c1-6(13)15-8-4-2-7(3-5-8)9(14)11-12-10/h2-5H,1H3. The minimum atomic E-state index is -0.674. The van der Waals surface area contributed by atoms with Gasteiger partial charge in [0, 0.05) is 17.4 Å². The molecular formula is C9H7N3O3. The lowest BCUT2D eigenvalue weighted by atomic mass is 10.2. The van der Waals surface area contributed by atoms with Crippen molar-refractivity contribution in [3.63, 3.8) is 0 Å². The topological polar surface area (TPSA) is 92.1 Å². The predicted molar refractivity (Wildman–Crippen MR) is 51.2 cm³/mol. The van der Waals surface area contributed by atoms with Gasteiger partial charge in [-0.25, -0.2) is 0 Å². The van der Waals surface area contributed by atoms with Crippen molar-refractivity contribution >= 4 is 11.9 Å². The molecule has 0 saturated heterocycles. The van der Waals surface area contributed by atoms with Crippen LogP contribution in [0.3, 0.4) is 0 Å². The van der Waals surface area contributed by atoms with Gasteiger partial charge in [0.05, 0.1) is 0 Å². The van der Waals surface area contributed by atoms with Crippen LogP contribution >= 0.6 is 0 Å². The Morgan fingerprint density at radius 1 is 1.33 bits per heavy atom. The zero-order valence-corrected chi connectivity index (χ0v) is 7.88. The van der Waals surface area contributed by atoms with Crippen LogP contribution in [-0.4, -0.2) is 11.9 Å². The summed E-state index contributed by atoms with van der Waals surface area (Å²) in [6.07, 6.45) is 0. The largest absolute Gasteiger partial charge is 0.427 e. The van der Waals surface area contributed by atoms with Crippen LogP contribution in [0.25, 0.3) is 10.4 Å². The van der Waals surface area contributed by atoms with Gasteiger partial charge in [-0.1, -0.05) is 0 Å². The molecule has 0 bridgehead atoms. The molecule has 0 atom stereocenters. The van der Waals surface area contributed by atoms with Crippen LogP contribution in [0.2, 0.25) is 0 Å². The van der Waals surface area contributed by atoms with Crippen LogP contribution in [0, 0.1) is 0 Å². The van der Waals surface area contributed by atoms with E-state index in [1.807, 2.05) is 0 Å². The van der Waals surface area contributed by atoms with Gasteiger partial charge in [0.2, 0.25) is 5.91 Å². The zero-order valence-electron chi connectivity index (χ0n) is 7.88. The maximum absolute atomic E-state index is 11.1. The minimum Gasteiger partial charge on any atom is -0.427 e. The van der Waals surface area contributed by atoms with Crippen molar-refractivity contribution < 1.29 is 14.3 Å². The second kappa shape index (κ2) is 4.78. The summed E-state index contributed by atoms with van der Waals surface area (Å²) in [5.74, 6) is -0.781. The molecule has 0 spiro atoms. The number of azide groups is 1. The van der Waals surface area contributed by atoms with Crippen molar-refractivity contribution in [1.82, 2.24) is 0 Å². The minimum absolute atomic E-state index is 0.240. The van der Waals surface area contributed by atoms with Gasteiger partial charge in [0.15, 0.2) is 0 Å². The predicted octanol–water partition coefficient (Wildman–Crippen LogP) is 2.06. The van der Waals surface area contributed by atoms with Crippen LogP contribution in [0.1, 0.15) is 17.3 Å². The zero-order chi connectivity index (χ0) is 11.3. The molecule has 0 aliphatic heterocycles. The van der Waals surface area contributed by atoms with Crippen LogP contribution in [0.15, 0.2) is 29.4 Å². The van der Waals surface area contributed by atoms with E-state index in [-0.39, 0.29) is 5.56 Å². The van der Waals surface area contributed by atoms with Crippen LogP contribution in [0.4, 0.5) is 0 Å². The van der Waals surface area contributed by atoms with Gasteiger partial charge >= 0.3 is 5.97 Å². The van der Waals surface area contributed by atoms with Crippen LogP contribution in [-0.2, 0) is 4.79 Å². The lowest BCUT2D eigenvalue weighted by molar-refractivity contribution is -0.131. The highest BCUT2D eigenvalue weighted by molar-refractivity contribution is 5.94. The van der Waals surface area contributed by atoms with Crippen molar-refractivity contribution in [2.45, 2.75) is 6.92 Å². The van der Waals surface area contributed by atoms with Gasteiger partial charge < -0.3 is 4.74 Å². The molecule has 0 radical (unpaired) electrons. The van der Waals surface area contributed by atoms with E-state index < -0.39 is 11.9 Å². The smallest absolute Gasteiger partial charge is 0.308 e. The summed E-state index contributed by atoms with van der Waals surface area (Å²) in [5, 5.41) is 2.92. The molecule has 6 nitrogen and oxygen atoms in total. The molecule has 0 heterocycles. The first-order chi connectivity index (χ1) is 7.13. The summed E-state index contributed by atoms with van der Waals surface area (Å²) in [4.78, 5) is 24.0. The number of hydrogen-bond acceptors (Lipinski definition) is 3. The number of hydrogen-bond donors (Lipinski definition) is 0. The Morgan fingerprint density at radius 2 is 1.93 bits per heavy atom. The lowest BCUT2D eigenvalue weighted by Crippen LogP contribution is -2.01. The Morgan fingerprint density at radius 3 is 2.40 bits per heavy atom. The number of esters is 1. The third-order valence-corrected chi connectivity index (χ3v) is 1.50. The molecular weight excluding hydrogens is 198 g/mol. The highest BCUT2D eigenvalue weighted by Crippen LogP contribution is 2.12. The Labute approximate surface area is 85.1 Å². The molecule has 0 saturated carbocycles. The van der Waals surface area contributed by atoms with Crippen molar-refractivity contribution in [1.29, 1.82) is 0 Å². The normalized spacial score (nSPS) is 8.87. The molecule has 0 fully saturated rings. The SMILES string of the molecule is CC(=O)Oc1ccc(C(=O)N=[N+]=[N-])cc1. The molecule has 0 aliphatic carbocycles. The monoisotopic (exact) mass is 205 g/mol. The molecule has 6 heteroatoms. The second-order valence-electron chi connectivity index (χ2n) is 2.61. The Hall–Kier alpha value is -2.33. The molecule has 1 rings (SSSR count). The third-order valence-electron chi connectivity index (χ3n) is 1.50. The molecule has 0 aromatic heterocycles. The van der Waals surface area contributed by atoms with Crippen LogP contribution < -0.4 is 4.74 Å². The lowest BCUT2D eigenvalue weighted by Gasteiger charge is -2.00. The molecule has 1 aromatic rings. The van der Waals surface area contributed by atoms with Crippen molar-refractivity contribution in [2.75, 3.05) is 0 Å². The molecule has 1 amide bonds. The highest BCUT2D eigenvalue weighted by atomic mass is 16.5. The summed E-state index contributed by atoms with van der Waals surface area (Å²) < 4.78 is 4.76. The van der Waals surface area contributed by atoms with Gasteiger partial charge in [-0.2, -0.15) is 0 Å². The highest BCUT2D eigenvalue weighted by Gasteiger charge is 2.03. The molecule has 0 aliphatic rings.